The third-order valence-corrected chi connectivity index (χ3v) is 14.2. The van der Waals surface area contributed by atoms with E-state index in [0.29, 0.717) is 16.8 Å². The van der Waals surface area contributed by atoms with Crippen LogP contribution in [0.25, 0.3) is 43.5 Å². The summed E-state index contributed by atoms with van der Waals surface area (Å²) in [5.41, 5.74) is 5.56. The molecule has 0 unspecified atom stereocenters. The molecular weight excluding hydrogens is 599 g/mol. The first-order chi connectivity index (χ1) is 23.8. The van der Waals surface area contributed by atoms with Crippen LogP contribution in [0.4, 0.5) is 5.69 Å². The van der Waals surface area contributed by atoms with E-state index in [2.05, 4.69) is 155 Å². The van der Waals surface area contributed by atoms with Gasteiger partial charge in [0.1, 0.15) is 0 Å². The molecule has 3 nitrogen and oxygen atoms in total. The Bertz CT molecular complexity index is 2340. The maximum atomic E-state index is 10.9. The molecule has 4 heteroatoms. The second kappa shape index (κ2) is 12.0. The lowest BCUT2D eigenvalue weighted by Crippen LogP contribution is -2.74. The number of rotatable bonds is 6. The van der Waals surface area contributed by atoms with Gasteiger partial charge in [-0.2, -0.15) is 5.26 Å². The third kappa shape index (κ3) is 4.48. The number of aromatic nitrogens is 1. The highest BCUT2D eigenvalue weighted by molar-refractivity contribution is 7.20. The fourth-order valence-electron chi connectivity index (χ4n) is 7.43. The summed E-state index contributed by atoms with van der Waals surface area (Å²) in [5, 5.41) is 17.8. The summed E-state index contributed by atoms with van der Waals surface area (Å²) in [4.78, 5) is 4.17. The summed E-state index contributed by atoms with van der Waals surface area (Å²) >= 11 is 0. The lowest BCUT2D eigenvalue weighted by atomic mass is 9.96. The minimum Gasteiger partial charge on any atom is -0.309 e. The van der Waals surface area contributed by atoms with Crippen molar-refractivity contribution < 1.29 is 0 Å². The van der Waals surface area contributed by atoms with E-state index in [1.165, 1.54) is 15.6 Å². The van der Waals surface area contributed by atoms with Gasteiger partial charge in [-0.3, -0.25) is 0 Å². The summed E-state index contributed by atoms with van der Waals surface area (Å²) < 4.78 is 2.26. The zero-order valence-corrected chi connectivity index (χ0v) is 27.1. The molecule has 0 spiro atoms. The van der Waals surface area contributed by atoms with Crippen molar-refractivity contribution >= 4 is 56.3 Å². The van der Waals surface area contributed by atoms with E-state index in [-0.39, 0.29) is 0 Å². The minimum atomic E-state index is -2.96. The van der Waals surface area contributed by atoms with Gasteiger partial charge in [0.15, 0.2) is 13.8 Å². The number of fused-ring (bicyclic) bond motifs is 3. The van der Waals surface area contributed by atoms with Gasteiger partial charge in [-0.05, 0) is 45.4 Å². The first-order valence-corrected chi connectivity index (χ1v) is 18.0. The quantitative estimate of drug-likeness (QED) is 0.104. The summed E-state index contributed by atoms with van der Waals surface area (Å²) in [6, 6.07) is 63.4. The van der Waals surface area contributed by atoms with E-state index in [1.54, 1.807) is 0 Å². The molecule has 1 heterocycles. The van der Waals surface area contributed by atoms with E-state index in [0.717, 1.165) is 38.2 Å². The predicted octanol–water partition coefficient (Wildman–Crippen LogP) is 8.25. The van der Waals surface area contributed by atoms with Gasteiger partial charge in [0.25, 0.3) is 0 Å². The molecule has 0 aliphatic rings. The average molecular weight is 628 g/mol. The van der Waals surface area contributed by atoms with Crippen LogP contribution in [0.3, 0.4) is 0 Å². The summed E-state index contributed by atoms with van der Waals surface area (Å²) in [6.07, 6.45) is 0. The van der Waals surface area contributed by atoms with Crippen molar-refractivity contribution in [1.82, 2.24) is 4.57 Å². The topological polar surface area (TPSA) is 33.1 Å². The molecule has 0 N–H and O–H groups in total. The fourth-order valence-corrected chi connectivity index (χ4v) is 12.2. The lowest BCUT2D eigenvalue weighted by Gasteiger charge is -2.35. The molecule has 8 rings (SSSR count). The van der Waals surface area contributed by atoms with Crippen molar-refractivity contribution in [3.8, 4) is 22.9 Å². The SMILES string of the molecule is [C-]#[N+]c1cc([Si](c2ccccc2)(c2ccccc2)c2ccccc2)cc(C#N)c1-c1ccccc1-n1c2ccccc2c2ccccc21. The zero-order chi connectivity index (χ0) is 32.5. The molecule has 0 saturated carbocycles. The van der Waals surface area contributed by atoms with Crippen LogP contribution in [0.2, 0.25) is 0 Å². The van der Waals surface area contributed by atoms with Crippen LogP contribution in [-0.4, -0.2) is 12.6 Å². The Hall–Kier alpha value is -6.46. The van der Waals surface area contributed by atoms with Gasteiger partial charge in [0.05, 0.1) is 29.4 Å². The van der Waals surface area contributed by atoms with Crippen molar-refractivity contribution in [3.63, 3.8) is 0 Å². The molecule has 0 amide bonds. The maximum absolute atomic E-state index is 10.9. The predicted molar refractivity (Wildman–Crippen MR) is 201 cm³/mol. The normalized spacial score (nSPS) is 11.3. The average Bonchev–Trinajstić information content (AvgIpc) is 3.50. The van der Waals surface area contributed by atoms with Crippen LogP contribution in [-0.2, 0) is 0 Å². The van der Waals surface area contributed by atoms with Gasteiger partial charge in [-0.15, -0.1) is 0 Å². The van der Waals surface area contributed by atoms with E-state index in [1.807, 2.05) is 36.4 Å². The van der Waals surface area contributed by atoms with Gasteiger partial charge >= 0.3 is 0 Å². The Labute approximate surface area is 281 Å². The van der Waals surface area contributed by atoms with Crippen molar-refractivity contribution in [1.29, 1.82) is 5.26 Å². The Morgan fingerprint density at radius 3 is 1.48 bits per heavy atom. The molecular formula is C44H29N3Si. The van der Waals surface area contributed by atoms with Gasteiger partial charge in [0, 0.05) is 21.9 Å². The molecule has 1 aromatic heterocycles. The van der Waals surface area contributed by atoms with Crippen molar-refractivity contribution in [3.05, 3.63) is 193 Å². The number of benzene rings is 7. The lowest BCUT2D eigenvalue weighted by molar-refractivity contribution is 1.18. The first kappa shape index (κ1) is 29.0. The number of hydrogen-bond acceptors (Lipinski definition) is 1. The van der Waals surface area contributed by atoms with Crippen LogP contribution in [0.15, 0.2) is 176 Å². The van der Waals surface area contributed by atoms with Crippen molar-refractivity contribution in [2.75, 3.05) is 0 Å². The second-order valence-electron chi connectivity index (χ2n) is 11.9. The van der Waals surface area contributed by atoms with Crippen LogP contribution in [0, 0.1) is 17.9 Å². The second-order valence-corrected chi connectivity index (χ2v) is 15.7. The minimum absolute atomic E-state index is 0.469. The molecule has 0 fully saturated rings. The molecule has 224 valence electrons. The standard InChI is InChI=1S/C44H29N3Si/c1-46-40-30-36(48(33-17-5-2-6-18-33,34-19-7-3-8-20-34)35-21-9-4-10-22-35)29-32(31-45)44(40)39-25-13-16-28-43(39)47-41-26-14-11-23-37(41)38-24-12-15-27-42(38)47/h2-30H. The molecule has 0 saturated heterocycles. The number of nitriles is 1. The number of nitrogens with zero attached hydrogens (tertiary/aromatic N) is 3. The molecule has 0 atom stereocenters. The Kier molecular flexibility index (Phi) is 7.27. The molecule has 8 aromatic rings. The molecule has 0 bridgehead atoms. The van der Waals surface area contributed by atoms with Crippen LogP contribution in [0.5, 0.6) is 0 Å². The third-order valence-electron chi connectivity index (χ3n) is 9.41. The Morgan fingerprint density at radius 1 is 0.521 bits per heavy atom. The Morgan fingerprint density at radius 2 is 0.979 bits per heavy atom. The monoisotopic (exact) mass is 627 g/mol. The van der Waals surface area contributed by atoms with Gasteiger partial charge in [-0.25, -0.2) is 4.85 Å². The van der Waals surface area contributed by atoms with Crippen LogP contribution in [0.1, 0.15) is 5.56 Å². The molecule has 48 heavy (non-hydrogen) atoms. The van der Waals surface area contributed by atoms with E-state index in [9.17, 15) is 5.26 Å². The maximum Gasteiger partial charge on any atom is 0.196 e. The molecule has 7 aromatic carbocycles. The van der Waals surface area contributed by atoms with E-state index in [4.69, 9.17) is 6.57 Å². The van der Waals surface area contributed by atoms with Crippen molar-refractivity contribution in [2.45, 2.75) is 0 Å². The highest BCUT2D eigenvalue weighted by Gasteiger charge is 2.42. The smallest absolute Gasteiger partial charge is 0.196 e. The van der Waals surface area contributed by atoms with Gasteiger partial charge in [-0.1, -0.05) is 157 Å². The Balaban J connectivity index is 1.45. The molecule has 0 aliphatic carbocycles. The number of para-hydroxylation sites is 3. The van der Waals surface area contributed by atoms with Gasteiger partial charge < -0.3 is 4.57 Å². The van der Waals surface area contributed by atoms with E-state index >= 15 is 0 Å². The number of hydrogen-bond donors (Lipinski definition) is 0. The van der Waals surface area contributed by atoms with E-state index < -0.39 is 8.07 Å². The highest BCUT2D eigenvalue weighted by Crippen LogP contribution is 2.40. The summed E-state index contributed by atoms with van der Waals surface area (Å²) in [6.45, 7) is 8.55. The summed E-state index contributed by atoms with van der Waals surface area (Å²) in [5.74, 6) is 0. The summed E-state index contributed by atoms with van der Waals surface area (Å²) in [7, 11) is -2.96. The largest absolute Gasteiger partial charge is 0.309 e. The van der Waals surface area contributed by atoms with Gasteiger partial charge in [0.2, 0.25) is 0 Å². The molecule has 0 radical (unpaired) electrons. The van der Waals surface area contributed by atoms with Crippen LogP contribution < -0.4 is 20.7 Å². The first-order valence-electron chi connectivity index (χ1n) is 16.0. The van der Waals surface area contributed by atoms with Crippen LogP contribution >= 0.6 is 0 Å². The molecule has 0 aliphatic heterocycles. The zero-order valence-electron chi connectivity index (χ0n) is 26.1. The fraction of sp³-hybridized carbons (Fsp3) is 0. The highest BCUT2D eigenvalue weighted by atomic mass is 28.3. The van der Waals surface area contributed by atoms with Crippen molar-refractivity contribution in [2.24, 2.45) is 0 Å².